The molecule has 1 nitrogen and oxygen atoms in total. The van der Waals surface area contributed by atoms with Crippen LogP contribution in [0.25, 0.3) is 0 Å². The summed E-state index contributed by atoms with van der Waals surface area (Å²) in [6.07, 6.45) is 8.38. The van der Waals surface area contributed by atoms with Crippen LogP contribution in [0.4, 0.5) is 0 Å². The second-order valence-corrected chi connectivity index (χ2v) is 6.63. The molecule has 2 atom stereocenters. The Morgan fingerprint density at radius 3 is 2.13 bits per heavy atom. The monoisotopic (exact) mass is 273 g/mol. The van der Waals surface area contributed by atoms with Crippen molar-refractivity contribution < 1.29 is 0 Å². The topological polar surface area (TPSA) is 3.24 Å². The number of piperidine rings is 1. The summed E-state index contributed by atoms with van der Waals surface area (Å²) in [5, 5.41) is 0. The predicted molar refractivity (Wildman–Crippen MR) is 69.5 cm³/mol. The van der Waals surface area contributed by atoms with Crippen molar-refractivity contribution in [3.05, 3.63) is 0 Å². The van der Waals surface area contributed by atoms with Crippen LogP contribution >= 0.6 is 15.9 Å². The van der Waals surface area contributed by atoms with E-state index in [4.69, 9.17) is 0 Å². The van der Waals surface area contributed by atoms with Gasteiger partial charge in [0.05, 0.1) is 0 Å². The van der Waals surface area contributed by atoms with E-state index in [1.165, 1.54) is 45.1 Å². The summed E-state index contributed by atoms with van der Waals surface area (Å²) < 4.78 is 0. The molecule has 2 aliphatic rings. The van der Waals surface area contributed by atoms with Gasteiger partial charge in [0, 0.05) is 23.5 Å². The Kier molecular flexibility index (Phi) is 4.11. The Labute approximate surface area is 103 Å². The van der Waals surface area contributed by atoms with Gasteiger partial charge in [-0.05, 0) is 31.6 Å². The van der Waals surface area contributed by atoms with Gasteiger partial charge in [0.25, 0.3) is 0 Å². The maximum Gasteiger partial charge on any atom is 0.0175 e. The van der Waals surface area contributed by atoms with Crippen LogP contribution in [0.15, 0.2) is 0 Å². The summed E-state index contributed by atoms with van der Waals surface area (Å²) >= 11 is 3.81. The number of hydrogen-bond donors (Lipinski definition) is 0. The largest absolute Gasteiger partial charge is 0.297 e. The van der Waals surface area contributed by atoms with Crippen LogP contribution in [0.5, 0.6) is 0 Å². The van der Waals surface area contributed by atoms with Crippen LogP contribution in [0.1, 0.15) is 52.4 Å². The first kappa shape index (κ1) is 11.9. The lowest BCUT2D eigenvalue weighted by Gasteiger charge is -2.39. The van der Waals surface area contributed by atoms with Crippen molar-refractivity contribution in [1.29, 1.82) is 0 Å². The number of fused-ring (bicyclic) bond motifs is 2. The SMILES string of the molecule is CCC(CC)CN1C2CCC1CC(Br)C2. The molecule has 2 bridgehead atoms. The smallest absolute Gasteiger partial charge is 0.0175 e. The number of alkyl halides is 1. The van der Waals surface area contributed by atoms with E-state index in [9.17, 15) is 0 Å². The highest BCUT2D eigenvalue weighted by Crippen LogP contribution is 2.39. The molecular weight excluding hydrogens is 250 g/mol. The molecule has 2 aliphatic heterocycles. The minimum absolute atomic E-state index is 0.799. The van der Waals surface area contributed by atoms with Gasteiger partial charge in [0.2, 0.25) is 0 Å². The fourth-order valence-corrected chi connectivity index (χ4v) is 4.21. The van der Waals surface area contributed by atoms with Gasteiger partial charge in [-0.1, -0.05) is 42.6 Å². The standard InChI is InChI=1S/C13H24BrN/c1-3-10(4-2)9-15-12-5-6-13(15)8-11(14)7-12/h10-13H,3-9H2,1-2H3. The highest BCUT2D eigenvalue weighted by atomic mass is 79.9. The highest BCUT2D eigenvalue weighted by molar-refractivity contribution is 9.09. The Morgan fingerprint density at radius 2 is 1.67 bits per heavy atom. The highest BCUT2D eigenvalue weighted by Gasteiger charge is 2.40. The molecule has 0 aromatic carbocycles. The van der Waals surface area contributed by atoms with Gasteiger partial charge >= 0.3 is 0 Å². The number of rotatable bonds is 4. The van der Waals surface area contributed by atoms with Crippen molar-refractivity contribution in [1.82, 2.24) is 4.90 Å². The van der Waals surface area contributed by atoms with E-state index in [0.717, 1.165) is 22.8 Å². The zero-order chi connectivity index (χ0) is 10.8. The maximum absolute atomic E-state index is 3.81. The number of nitrogens with zero attached hydrogens (tertiary/aromatic N) is 1. The van der Waals surface area contributed by atoms with Crippen molar-refractivity contribution in [3.8, 4) is 0 Å². The Hall–Kier alpha value is 0.440. The molecule has 0 N–H and O–H groups in total. The molecule has 0 amide bonds. The second kappa shape index (κ2) is 5.18. The van der Waals surface area contributed by atoms with Crippen LogP contribution in [-0.2, 0) is 0 Å². The quantitative estimate of drug-likeness (QED) is 0.704. The lowest BCUT2D eigenvalue weighted by molar-refractivity contribution is 0.119. The molecule has 2 heterocycles. The normalized spacial score (nSPS) is 36.4. The predicted octanol–water partition coefficient (Wildman–Crippen LogP) is 3.81. The second-order valence-electron chi connectivity index (χ2n) is 5.33. The summed E-state index contributed by atoms with van der Waals surface area (Å²) in [5.74, 6) is 0.931. The first-order chi connectivity index (χ1) is 7.24. The zero-order valence-corrected chi connectivity index (χ0v) is 11.7. The van der Waals surface area contributed by atoms with Crippen molar-refractivity contribution >= 4 is 15.9 Å². The average Bonchev–Trinajstić information content (AvgIpc) is 2.47. The van der Waals surface area contributed by atoms with E-state index in [0.29, 0.717) is 0 Å². The van der Waals surface area contributed by atoms with Gasteiger partial charge in [-0.2, -0.15) is 0 Å². The molecule has 2 rings (SSSR count). The molecule has 2 saturated heterocycles. The molecule has 88 valence electrons. The first-order valence-electron chi connectivity index (χ1n) is 6.64. The minimum atomic E-state index is 0.799. The van der Waals surface area contributed by atoms with Crippen molar-refractivity contribution in [2.75, 3.05) is 6.54 Å². The Morgan fingerprint density at radius 1 is 1.13 bits per heavy atom. The number of halogens is 1. The van der Waals surface area contributed by atoms with Crippen LogP contribution in [0, 0.1) is 5.92 Å². The van der Waals surface area contributed by atoms with Gasteiger partial charge in [0.1, 0.15) is 0 Å². The fourth-order valence-electron chi connectivity index (χ4n) is 3.35. The summed E-state index contributed by atoms with van der Waals surface area (Å²) in [6, 6.07) is 1.79. The summed E-state index contributed by atoms with van der Waals surface area (Å²) in [7, 11) is 0. The lowest BCUT2D eigenvalue weighted by atomic mass is 9.97. The molecule has 0 radical (unpaired) electrons. The van der Waals surface area contributed by atoms with Gasteiger partial charge in [0.15, 0.2) is 0 Å². The van der Waals surface area contributed by atoms with E-state index in [1.54, 1.807) is 0 Å². The van der Waals surface area contributed by atoms with E-state index in [1.807, 2.05) is 0 Å². The van der Waals surface area contributed by atoms with E-state index in [-0.39, 0.29) is 0 Å². The Balaban J connectivity index is 1.93. The average molecular weight is 274 g/mol. The molecule has 2 fully saturated rings. The number of hydrogen-bond acceptors (Lipinski definition) is 1. The fraction of sp³-hybridized carbons (Fsp3) is 1.00. The molecule has 0 spiro atoms. The van der Waals surface area contributed by atoms with Crippen LogP contribution in [0.3, 0.4) is 0 Å². The molecule has 0 aromatic heterocycles. The van der Waals surface area contributed by atoms with Gasteiger partial charge in [-0.15, -0.1) is 0 Å². The third-order valence-electron chi connectivity index (χ3n) is 4.45. The minimum Gasteiger partial charge on any atom is -0.297 e. The third-order valence-corrected chi connectivity index (χ3v) is 5.20. The molecule has 2 heteroatoms. The van der Waals surface area contributed by atoms with Crippen LogP contribution in [0.2, 0.25) is 0 Å². The van der Waals surface area contributed by atoms with Crippen molar-refractivity contribution in [3.63, 3.8) is 0 Å². The van der Waals surface area contributed by atoms with Crippen LogP contribution in [-0.4, -0.2) is 28.4 Å². The maximum atomic E-state index is 3.81. The molecule has 15 heavy (non-hydrogen) atoms. The van der Waals surface area contributed by atoms with Gasteiger partial charge < -0.3 is 0 Å². The van der Waals surface area contributed by atoms with Gasteiger partial charge in [-0.25, -0.2) is 0 Å². The summed E-state index contributed by atoms with van der Waals surface area (Å²) in [6.45, 7) is 6.04. The lowest BCUT2D eigenvalue weighted by Crippen LogP contribution is -2.45. The van der Waals surface area contributed by atoms with E-state index in [2.05, 4.69) is 34.7 Å². The van der Waals surface area contributed by atoms with Crippen molar-refractivity contribution in [2.24, 2.45) is 5.92 Å². The Bertz CT molecular complexity index is 189. The van der Waals surface area contributed by atoms with Crippen LogP contribution < -0.4 is 0 Å². The summed E-state index contributed by atoms with van der Waals surface area (Å²) in [4.78, 5) is 3.63. The first-order valence-corrected chi connectivity index (χ1v) is 7.55. The third kappa shape index (κ3) is 2.58. The molecule has 0 saturated carbocycles. The molecule has 0 aromatic rings. The summed E-state index contributed by atoms with van der Waals surface area (Å²) in [5.41, 5.74) is 0. The van der Waals surface area contributed by atoms with Gasteiger partial charge in [-0.3, -0.25) is 4.90 Å². The van der Waals surface area contributed by atoms with Crippen molar-refractivity contribution in [2.45, 2.75) is 69.3 Å². The molecule has 2 unspecified atom stereocenters. The zero-order valence-electron chi connectivity index (χ0n) is 10.1. The molecule has 0 aliphatic carbocycles. The van der Waals surface area contributed by atoms with E-state index >= 15 is 0 Å². The van der Waals surface area contributed by atoms with E-state index < -0.39 is 0 Å². The molecular formula is C13H24BrN.